The van der Waals surface area contributed by atoms with Gasteiger partial charge in [0.1, 0.15) is 0 Å². The van der Waals surface area contributed by atoms with Crippen LogP contribution in [0.5, 0.6) is 0 Å². The Morgan fingerprint density at radius 1 is 1.04 bits per heavy atom. The molecule has 2 N–H and O–H groups in total. The minimum atomic E-state index is -0.204. The first kappa shape index (κ1) is 19.2. The lowest BCUT2D eigenvalue weighted by atomic mass is 9.86. The van der Waals surface area contributed by atoms with Crippen molar-refractivity contribution in [3.8, 4) is 0 Å². The molecular weight excluding hydrogens is 292 g/mol. The van der Waals surface area contributed by atoms with Crippen molar-refractivity contribution in [2.24, 2.45) is 0 Å². The number of methoxy groups -OCH3 is 1. The molecule has 0 aliphatic rings. The summed E-state index contributed by atoms with van der Waals surface area (Å²) in [6.07, 6.45) is 1.04. The molecule has 0 bridgehead atoms. The Morgan fingerprint density at radius 3 is 2.26 bits per heavy atom. The first-order valence-corrected chi connectivity index (χ1v) is 7.94. The van der Waals surface area contributed by atoms with Crippen molar-refractivity contribution in [2.45, 2.75) is 39.0 Å². The van der Waals surface area contributed by atoms with Gasteiger partial charge in [-0.15, -0.1) is 0 Å². The molecule has 5 nitrogen and oxygen atoms in total. The number of carbonyl (C=O) groups excluding carboxylic acids is 2. The van der Waals surface area contributed by atoms with Gasteiger partial charge in [-0.25, -0.2) is 0 Å². The summed E-state index contributed by atoms with van der Waals surface area (Å²) in [5.41, 5.74) is 2.53. The van der Waals surface area contributed by atoms with Crippen molar-refractivity contribution < 1.29 is 14.3 Å². The molecule has 0 aliphatic heterocycles. The minimum absolute atomic E-state index is 0.00547. The molecule has 0 aliphatic carbocycles. The van der Waals surface area contributed by atoms with Crippen LogP contribution in [-0.4, -0.2) is 38.6 Å². The molecular formula is C18H28N2O3. The lowest BCUT2D eigenvalue weighted by molar-refractivity contribution is -0.126. The maximum Gasteiger partial charge on any atom is 0.239 e. The number of nitrogens with one attached hydrogen (secondary N) is 2. The van der Waals surface area contributed by atoms with Crippen molar-refractivity contribution in [1.29, 1.82) is 0 Å². The van der Waals surface area contributed by atoms with Crippen molar-refractivity contribution in [1.82, 2.24) is 10.6 Å². The number of carbonyl (C=O) groups is 2. The van der Waals surface area contributed by atoms with Crippen LogP contribution in [0, 0.1) is 0 Å². The van der Waals surface area contributed by atoms with Gasteiger partial charge in [0.2, 0.25) is 11.8 Å². The van der Waals surface area contributed by atoms with Crippen LogP contribution >= 0.6 is 0 Å². The number of ether oxygens (including phenoxy) is 1. The summed E-state index contributed by atoms with van der Waals surface area (Å²) in [7, 11) is 1.57. The molecule has 1 rings (SSSR count). The number of hydrogen-bond acceptors (Lipinski definition) is 3. The van der Waals surface area contributed by atoms with Gasteiger partial charge in [-0.1, -0.05) is 45.0 Å². The normalized spacial score (nSPS) is 11.1. The molecule has 0 saturated carbocycles. The van der Waals surface area contributed by atoms with Gasteiger partial charge in [0.25, 0.3) is 0 Å². The van der Waals surface area contributed by atoms with Gasteiger partial charge >= 0.3 is 0 Å². The third-order valence-electron chi connectivity index (χ3n) is 3.54. The third kappa shape index (κ3) is 7.79. The van der Waals surface area contributed by atoms with E-state index >= 15 is 0 Å². The van der Waals surface area contributed by atoms with Gasteiger partial charge in [0, 0.05) is 20.1 Å². The molecule has 0 radical (unpaired) electrons. The molecule has 5 heteroatoms. The van der Waals surface area contributed by atoms with E-state index in [9.17, 15) is 9.59 Å². The third-order valence-corrected chi connectivity index (χ3v) is 3.54. The fourth-order valence-corrected chi connectivity index (χ4v) is 2.05. The second-order valence-electron chi connectivity index (χ2n) is 6.57. The number of benzene rings is 1. The van der Waals surface area contributed by atoms with E-state index in [1.165, 1.54) is 5.56 Å². The van der Waals surface area contributed by atoms with Crippen LogP contribution in [-0.2, 0) is 26.2 Å². The highest BCUT2D eigenvalue weighted by Crippen LogP contribution is 2.22. The summed E-state index contributed by atoms with van der Waals surface area (Å²) in [5.74, 6) is -0.322. The average Bonchev–Trinajstić information content (AvgIpc) is 2.50. The predicted octanol–water partition coefficient (Wildman–Crippen LogP) is 1.80. The first-order chi connectivity index (χ1) is 10.8. The Morgan fingerprint density at radius 2 is 1.70 bits per heavy atom. The molecule has 0 aromatic heterocycles. The zero-order valence-electron chi connectivity index (χ0n) is 14.6. The van der Waals surface area contributed by atoms with Gasteiger partial charge in [-0.2, -0.15) is 0 Å². The average molecular weight is 320 g/mol. The van der Waals surface area contributed by atoms with Gasteiger partial charge in [0.15, 0.2) is 0 Å². The van der Waals surface area contributed by atoms with Gasteiger partial charge in [0.05, 0.1) is 13.2 Å². The summed E-state index contributed by atoms with van der Waals surface area (Å²) >= 11 is 0. The number of hydrogen-bond donors (Lipinski definition) is 2. The van der Waals surface area contributed by atoms with E-state index in [0.717, 1.165) is 5.56 Å². The van der Waals surface area contributed by atoms with E-state index in [0.29, 0.717) is 26.0 Å². The maximum atomic E-state index is 11.8. The SMILES string of the molecule is COCCNC(=O)CNC(=O)CCc1ccc(C(C)(C)C)cc1. The lowest BCUT2D eigenvalue weighted by Crippen LogP contribution is -2.38. The Labute approximate surface area is 138 Å². The van der Waals surface area contributed by atoms with E-state index in [1.54, 1.807) is 7.11 Å². The van der Waals surface area contributed by atoms with Crippen molar-refractivity contribution in [2.75, 3.05) is 26.8 Å². The summed E-state index contributed by atoms with van der Waals surface area (Å²) in [4.78, 5) is 23.2. The number of aryl methyl sites for hydroxylation is 1. The predicted molar refractivity (Wildman–Crippen MR) is 91.4 cm³/mol. The first-order valence-electron chi connectivity index (χ1n) is 7.94. The van der Waals surface area contributed by atoms with Crippen LogP contribution in [0.4, 0.5) is 0 Å². The highest BCUT2D eigenvalue weighted by Gasteiger charge is 2.13. The molecule has 23 heavy (non-hydrogen) atoms. The second-order valence-corrected chi connectivity index (χ2v) is 6.57. The quantitative estimate of drug-likeness (QED) is 0.718. The number of amides is 2. The monoisotopic (exact) mass is 320 g/mol. The van der Waals surface area contributed by atoms with Crippen LogP contribution < -0.4 is 10.6 Å². The van der Waals surface area contributed by atoms with Crippen LogP contribution in [0.15, 0.2) is 24.3 Å². The molecule has 128 valence electrons. The van der Waals surface area contributed by atoms with Crippen LogP contribution in [0.25, 0.3) is 0 Å². The van der Waals surface area contributed by atoms with Gasteiger partial charge in [-0.05, 0) is 23.0 Å². The zero-order chi connectivity index (χ0) is 17.3. The molecule has 0 unspecified atom stereocenters. The smallest absolute Gasteiger partial charge is 0.239 e. The maximum absolute atomic E-state index is 11.8. The van der Waals surface area contributed by atoms with Gasteiger partial charge in [-0.3, -0.25) is 9.59 Å². The Bertz CT molecular complexity index is 504. The largest absolute Gasteiger partial charge is 0.383 e. The number of rotatable bonds is 8. The van der Waals surface area contributed by atoms with E-state index in [1.807, 2.05) is 0 Å². The summed E-state index contributed by atoms with van der Waals surface area (Å²) in [6.45, 7) is 7.44. The Hall–Kier alpha value is -1.88. The molecule has 0 saturated heterocycles. The topological polar surface area (TPSA) is 67.4 Å². The standard InChI is InChI=1S/C18H28N2O3/c1-18(2,3)15-8-5-14(6-9-15)7-10-16(21)20-13-17(22)19-11-12-23-4/h5-6,8-9H,7,10-13H2,1-4H3,(H,19,22)(H,20,21). The fourth-order valence-electron chi connectivity index (χ4n) is 2.05. The van der Waals surface area contributed by atoms with E-state index in [2.05, 4.69) is 55.7 Å². The highest BCUT2D eigenvalue weighted by molar-refractivity contribution is 5.84. The van der Waals surface area contributed by atoms with Crippen LogP contribution in [0.2, 0.25) is 0 Å². The lowest BCUT2D eigenvalue weighted by Gasteiger charge is -2.19. The molecule has 0 fully saturated rings. The molecule has 0 heterocycles. The van der Waals surface area contributed by atoms with Crippen LogP contribution in [0.1, 0.15) is 38.3 Å². The van der Waals surface area contributed by atoms with E-state index in [-0.39, 0.29) is 23.8 Å². The molecule has 1 aromatic rings. The van der Waals surface area contributed by atoms with E-state index in [4.69, 9.17) is 4.74 Å². The zero-order valence-corrected chi connectivity index (χ0v) is 14.6. The highest BCUT2D eigenvalue weighted by atomic mass is 16.5. The van der Waals surface area contributed by atoms with E-state index < -0.39 is 0 Å². The molecule has 2 amide bonds. The molecule has 1 aromatic carbocycles. The molecule has 0 spiro atoms. The summed E-state index contributed by atoms with van der Waals surface area (Å²) in [5, 5.41) is 5.28. The second kappa shape index (κ2) is 9.30. The van der Waals surface area contributed by atoms with Gasteiger partial charge < -0.3 is 15.4 Å². The van der Waals surface area contributed by atoms with Crippen molar-refractivity contribution >= 4 is 11.8 Å². The Balaban J connectivity index is 2.29. The molecule has 0 atom stereocenters. The van der Waals surface area contributed by atoms with Crippen molar-refractivity contribution in [3.05, 3.63) is 35.4 Å². The summed E-state index contributed by atoms with van der Waals surface area (Å²) in [6, 6.07) is 8.34. The fraction of sp³-hybridized carbons (Fsp3) is 0.556. The Kier molecular flexibility index (Phi) is 7.75. The minimum Gasteiger partial charge on any atom is -0.383 e. The summed E-state index contributed by atoms with van der Waals surface area (Å²) < 4.78 is 4.83. The van der Waals surface area contributed by atoms with Crippen LogP contribution in [0.3, 0.4) is 0 Å². The van der Waals surface area contributed by atoms with Crippen molar-refractivity contribution in [3.63, 3.8) is 0 Å².